The zero-order valence-corrected chi connectivity index (χ0v) is 20.5. The molecule has 0 fully saturated rings. The number of anilines is 1. The average Bonchev–Trinajstić information content (AvgIpc) is 2.90. The van der Waals surface area contributed by atoms with Crippen molar-refractivity contribution in [1.82, 2.24) is 15.2 Å². The van der Waals surface area contributed by atoms with Crippen LogP contribution in [-0.2, 0) is 20.8 Å². The van der Waals surface area contributed by atoms with E-state index < -0.39 is 35.8 Å². The number of carbonyl (C=O) groups is 3. The zero-order chi connectivity index (χ0) is 26.8. The third kappa shape index (κ3) is 7.86. The Bertz CT molecular complexity index is 1260. The van der Waals surface area contributed by atoms with Crippen LogP contribution in [0.1, 0.15) is 24.8 Å². The number of nitrogens with zero attached hydrogens (tertiary/aromatic N) is 2. The molecule has 0 saturated carbocycles. The van der Waals surface area contributed by atoms with Crippen molar-refractivity contribution in [2.45, 2.75) is 31.8 Å². The first-order chi connectivity index (χ1) is 17.8. The molecule has 1 atom stereocenters. The van der Waals surface area contributed by atoms with Crippen molar-refractivity contribution >= 4 is 34.7 Å². The first kappa shape index (κ1) is 27.3. The number of methoxy groups -OCH3 is 1. The molecule has 11 heteroatoms. The summed E-state index contributed by atoms with van der Waals surface area (Å²) in [5.74, 6) is -2.16. The summed E-state index contributed by atoms with van der Waals surface area (Å²) in [5, 5.41) is 6.88. The SMILES string of the molecule is COC(=O)CCC[C@H](COC(=O)Nc1cc2ccccc2cn1)N(C)C(=O)NCc1cccc(F)c1F. The van der Waals surface area contributed by atoms with Gasteiger partial charge in [-0.3, -0.25) is 10.1 Å². The minimum atomic E-state index is -1.04. The number of benzene rings is 2. The maximum absolute atomic E-state index is 13.9. The molecule has 0 aliphatic heterocycles. The molecule has 0 aliphatic carbocycles. The van der Waals surface area contributed by atoms with E-state index in [1.165, 1.54) is 31.2 Å². The van der Waals surface area contributed by atoms with Gasteiger partial charge in [0.2, 0.25) is 0 Å². The standard InChI is InChI=1S/C26H28F2N4O5/c1-32(25(34)30-15-19-9-5-11-21(27)24(19)28)20(10-6-12-23(33)36-2)16-37-26(35)31-22-13-17-7-3-4-8-18(17)14-29-22/h3-5,7-9,11,13-14,20H,6,10,12,15-16H2,1-2H3,(H,30,34)(H,29,31,35)/t20-/m1/s1. The Hall–Kier alpha value is -4.28. The monoisotopic (exact) mass is 514 g/mol. The third-order valence-corrected chi connectivity index (χ3v) is 5.74. The quantitative estimate of drug-likeness (QED) is 0.382. The Labute approximate surface area is 212 Å². The first-order valence-corrected chi connectivity index (χ1v) is 11.6. The molecule has 0 spiro atoms. The normalized spacial score (nSPS) is 11.5. The van der Waals surface area contributed by atoms with Crippen LogP contribution in [0.15, 0.2) is 54.7 Å². The molecule has 9 nitrogen and oxygen atoms in total. The number of hydrogen-bond donors (Lipinski definition) is 2. The molecule has 3 aromatic rings. The third-order valence-electron chi connectivity index (χ3n) is 5.74. The summed E-state index contributed by atoms with van der Waals surface area (Å²) in [4.78, 5) is 42.1. The molecule has 196 valence electrons. The van der Waals surface area contributed by atoms with Gasteiger partial charge < -0.3 is 19.7 Å². The largest absolute Gasteiger partial charge is 0.469 e. The van der Waals surface area contributed by atoms with Gasteiger partial charge in [0.25, 0.3) is 0 Å². The number of amides is 3. The Morgan fingerprint density at radius 1 is 1.08 bits per heavy atom. The van der Waals surface area contributed by atoms with Crippen LogP contribution in [-0.4, -0.2) is 54.8 Å². The van der Waals surface area contributed by atoms with Gasteiger partial charge >= 0.3 is 18.1 Å². The predicted molar refractivity (Wildman–Crippen MR) is 133 cm³/mol. The molecule has 1 heterocycles. The van der Waals surface area contributed by atoms with Crippen LogP contribution in [0.3, 0.4) is 0 Å². The molecule has 1 aromatic heterocycles. The van der Waals surface area contributed by atoms with Crippen LogP contribution in [0, 0.1) is 11.6 Å². The number of ether oxygens (including phenoxy) is 2. The number of pyridine rings is 1. The van der Waals surface area contributed by atoms with Gasteiger partial charge in [-0.25, -0.2) is 23.4 Å². The molecular weight excluding hydrogens is 486 g/mol. The number of nitrogens with one attached hydrogen (secondary N) is 2. The molecule has 37 heavy (non-hydrogen) atoms. The topological polar surface area (TPSA) is 110 Å². The van der Waals surface area contributed by atoms with E-state index in [4.69, 9.17) is 4.74 Å². The molecule has 0 bridgehead atoms. The van der Waals surface area contributed by atoms with E-state index in [0.717, 1.165) is 16.8 Å². The van der Waals surface area contributed by atoms with Crippen molar-refractivity contribution in [3.8, 4) is 0 Å². The number of carbonyl (C=O) groups excluding carboxylic acids is 3. The fraction of sp³-hybridized carbons (Fsp3) is 0.308. The van der Waals surface area contributed by atoms with Crippen molar-refractivity contribution < 1.29 is 32.6 Å². The number of halogens is 2. The second kappa shape index (κ2) is 13.1. The van der Waals surface area contributed by atoms with Crippen molar-refractivity contribution in [3.05, 3.63) is 71.9 Å². The van der Waals surface area contributed by atoms with Gasteiger partial charge in [-0.15, -0.1) is 0 Å². The van der Waals surface area contributed by atoms with Gasteiger partial charge in [-0.2, -0.15) is 0 Å². The molecule has 2 N–H and O–H groups in total. The molecule has 0 aliphatic rings. The molecule has 3 amide bonds. The van der Waals surface area contributed by atoms with Crippen molar-refractivity contribution in [2.75, 3.05) is 26.1 Å². The summed E-state index contributed by atoms with van der Waals surface area (Å²) in [6, 6.07) is 11.7. The number of urea groups is 1. The molecule has 2 aromatic carbocycles. The lowest BCUT2D eigenvalue weighted by Crippen LogP contribution is -2.46. The van der Waals surface area contributed by atoms with Crippen molar-refractivity contribution in [2.24, 2.45) is 0 Å². The lowest BCUT2D eigenvalue weighted by atomic mass is 10.1. The van der Waals surface area contributed by atoms with E-state index in [9.17, 15) is 23.2 Å². The summed E-state index contributed by atoms with van der Waals surface area (Å²) in [6.45, 7) is -0.421. The van der Waals surface area contributed by atoms with E-state index in [1.807, 2.05) is 24.3 Å². The number of rotatable bonds is 10. The van der Waals surface area contributed by atoms with E-state index in [2.05, 4.69) is 20.4 Å². The molecule has 0 radical (unpaired) electrons. The lowest BCUT2D eigenvalue weighted by Gasteiger charge is -2.28. The number of esters is 1. The highest BCUT2D eigenvalue weighted by Crippen LogP contribution is 2.17. The summed E-state index contributed by atoms with van der Waals surface area (Å²) in [5.41, 5.74) is -0.0116. The van der Waals surface area contributed by atoms with Crippen LogP contribution in [0.5, 0.6) is 0 Å². The average molecular weight is 515 g/mol. The van der Waals surface area contributed by atoms with Crippen molar-refractivity contribution in [3.63, 3.8) is 0 Å². The lowest BCUT2D eigenvalue weighted by molar-refractivity contribution is -0.140. The van der Waals surface area contributed by atoms with Gasteiger partial charge in [0.05, 0.1) is 13.2 Å². The smallest absolute Gasteiger partial charge is 0.412 e. The second-order valence-corrected chi connectivity index (χ2v) is 8.24. The Balaban J connectivity index is 1.60. The van der Waals surface area contributed by atoms with E-state index in [-0.39, 0.29) is 25.1 Å². The van der Waals surface area contributed by atoms with Crippen LogP contribution in [0.4, 0.5) is 24.2 Å². The summed E-state index contributed by atoms with van der Waals surface area (Å²) in [7, 11) is 2.76. The van der Waals surface area contributed by atoms with Gasteiger partial charge in [0, 0.05) is 37.2 Å². The van der Waals surface area contributed by atoms with Gasteiger partial charge in [0.1, 0.15) is 12.4 Å². The maximum Gasteiger partial charge on any atom is 0.412 e. The van der Waals surface area contributed by atoms with E-state index in [1.54, 1.807) is 12.3 Å². The zero-order valence-electron chi connectivity index (χ0n) is 20.5. The molecular formula is C26H28F2N4O5. The van der Waals surface area contributed by atoms with E-state index >= 15 is 0 Å². The first-order valence-electron chi connectivity index (χ1n) is 11.6. The minimum absolute atomic E-state index is 0.0116. The number of hydrogen-bond acceptors (Lipinski definition) is 6. The summed E-state index contributed by atoms with van der Waals surface area (Å²) in [6.07, 6.45) is 1.65. The summed E-state index contributed by atoms with van der Waals surface area (Å²) < 4.78 is 37.3. The van der Waals surface area contributed by atoms with Gasteiger partial charge in [0.15, 0.2) is 11.6 Å². The van der Waals surface area contributed by atoms with E-state index in [0.29, 0.717) is 18.7 Å². The van der Waals surface area contributed by atoms with Crippen LogP contribution in [0.25, 0.3) is 10.8 Å². The molecule has 0 unspecified atom stereocenters. The Kier molecular flexibility index (Phi) is 9.70. The Morgan fingerprint density at radius 3 is 2.59 bits per heavy atom. The highest BCUT2D eigenvalue weighted by Gasteiger charge is 2.23. The minimum Gasteiger partial charge on any atom is -0.469 e. The molecule has 3 rings (SSSR count). The predicted octanol–water partition coefficient (Wildman–Crippen LogP) is 4.62. The second-order valence-electron chi connectivity index (χ2n) is 8.24. The van der Waals surface area contributed by atoms with Crippen molar-refractivity contribution in [1.29, 1.82) is 0 Å². The number of aromatic nitrogens is 1. The van der Waals surface area contributed by atoms with Crippen LogP contribution in [0.2, 0.25) is 0 Å². The summed E-state index contributed by atoms with van der Waals surface area (Å²) >= 11 is 0. The molecule has 0 saturated heterocycles. The van der Waals surface area contributed by atoms with Gasteiger partial charge in [-0.05, 0) is 30.4 Å². The Morgan fingerprint density at radius 2 is 1.84 bits per heavy atom. The van der Waals surface area contributed by atoms with Gasteiger partial charge in [-0.1, -0.05) is 36.4 Å². The maximum atomic E-state index is 13.9. The highest BCUT2D eigenvalue weighted by molar-refractivity contribution is 5.89. The number of likely N-dealkylation sites (N-methyl/N-ethyl adjacent to an activating group) is 1. The van der Waals surface area contributed by atoms with Crippen LogP contribution >= 0.6 is 0 Å². The fourth-order valence-electron chi connectivity index (χ4n) is 3.58. The van der Waals surface area contributed by atoms with Crippen LogP contribution < -0.4 is 10.6 Å². The number of fused-ring (bicyclic) bond motifs is 1. The highest BCUT2D eigenvalue weighted by atomic mass is 19.2. The fourth-order valence-corrected chi connectivity index (χ4v) is 3.58.